The van der Waals surface area contributed by atoms with Gasteiger partial charge in [-0.3, -0.25) is 0 Å². The summed E-state index contributed by atoms with van der Waals surface area (Å²) in [5.74, 6) is 2.57. The van der Waals surface area contributed by atoms with Crippen LogP contribution in [0.15, 0.2) is 30.3 Å². The SMILES string of the molecule is CCCOc1ccc(CCc2cc(OC)c(OC)c(OC)c2)cc1O. The van der Waals surface area contributed by atoms with Crippen molar-refractivity contribution in [3.05, 3.63) is 41.5 Å². The van der Waals surface area contributed by atoms with Gasteiger partial charge in [-0.25, -0.2) is 0 Å². The number of aryl methyl sites for hydroxylation is 2. The second kappa shape index (κ2) is 9.06. The molecular formula is C20H26O5. The van der Waals surface area contributed by atoms with E-state index in [9.17, 15) is 5.11 Å². The summed E-state index contributed by atoms with van der Waals surface area (Å²) < 4.78 is 21.6. The molecule has 1 N–H and O–H groups in total. The zero-order valence-corrected chi connectivity index (χ0v) is 15.3. The summed E-state index contributed by atoms with van der Waals surface area (Å²) in [6, 6.07) is 9.43. The van der Waals surface area contributed by atoms with Gasteiger partial charge in [0.1, 0.15) is 0 Å². The first-order valence-electron chi connectivity index (χ1n) is 8.36. The second-order valence-electron chi connectivity index (χ2n) is 5.68. The Morgan fingerprint density at radius 3 is 1.96 bits per heavy atom. The van der Waals surface area contributed by atoms with Crippen LogP contribution in [-0.4, -0.2) is 33.0 Å². The Morgan fingerprint density at radius 2 is 1.44 bits per heavy atom. The summed E-state index contributed by atoms with van der Waals surface area (Å²) in [4.78, 5) is 0. The molecule has 0 radical (unpaired) electrons. The van der Waals surface area contributed by atoms with E-state index < -0.39 is 0 Å². The lowest BCUT2D eigenvalue weighted by Gasteiger charge is -2.14. The zero-order valence-electron chi connectivity index (χ0n) is 15.3. The van der Waals surface area contributed by atoms with Crippen LogP contribution >= 0.6 is 0 Å². The van der Waals surface area contributed by atoms with Gasteiger partial charge in [-0.1, -0.05) is 13.0 Å². The summed E-state index contributed by atoms with van der Waals surface area (Å²) in [6.07, 6.45) is 2.47. The van der Waals surface area contributed by atoms with Crippen molar-refractivity contribution < 1.29 is 24.1 Å². The quantitative estimate of drug-likeness (QED) is 0.744. The maximum absolute atomic E-state index is 10.1. The molecule has 0 saturated carbocycles. The fourth-order valence-electron chi connectivity index (χ4n) is 2.62. The molecule has 5 nitrogen and oxygen atoms in total. The van der Waals surface area contributed by atoms with Crippen molar-refractivity contribution in [2.75, 3.05) is 27.9 Å². The molecule has 0 amide bonds. The number of methoxy groups -OCH3 is 3. The molecule has 0 heterocycles. The minimum atomic E-state index is 0.177. The predicted octanol–water partition coefficient (Wildman–Crippen LogP) is 3.99. The Morgan fingerprint density at radius 1 is 0.800 bits per heavy atom. The number of phenols is 1. The molecule has 0 aliphatic heterocycles. The van der Waals surface area contributed by atoms with Crippen molar-refractivity contribution in [2.45, 2.75) is 26.2 Å². The molecule has 0 unspecified atom stereocenters. The Bertz CT molecular complexity index is 671. The van der Waals surface area contributed by atoms with Gasteiger partial charge in [-0.15, -0.1) is 0 Å². The lowest BCUT2D eigenvalue weighted by atomic mass is 10.0. The van der Waals surface area contributed by atoms with E-state index in [1.54, 1.807) is 27.4 Å². The van der Waals surface area contributed by atoms with E-state index in [2.05, 4.69) is 0 Å². The van der Waals surface area contributed by atoms with Crippen LogP contribution < -0.4 is 18.9 Å². The van der Waals surface area contributed by atoms with E-state index in [1.165, 1.54) is 0 Å². The number of benzene rings is 2. The number of phenolic OH excluding ortho intramolecular Hbond substituents is 1. The van der Waals surface area contributed by atoms with Crippen molar-refractivity contribution in [2.24, 2.45) is 0 Å². The number of aromatic hydroxyl groups is 1. The highest BCUT2D eigenvalue weighted by Crippen LogP contribution is 2.38. The molecule has 2 aromatic carbocycles. The fraction of sp³-hybridized carbons (Fsp3) is 0.400. The lowest BCUT2D eigenvalue weighted by Crippen LogP contribution is -1.99. The maximum atomic E-state index is 10.1. The largest absolute Gasteiger partial charge is 0.504 e. The highest BCUT2D eigenvalue weighted by Gasteiger charge is 2.13. The number of hydrogen-bond donors (Lipinski definition) is 1. The Hall–Kier alpha value is -2.56. The molecule has 5 heteroatoms. The normalized spacial score (nSPS) is 10.4. The third-order valence-corrected chi connectivity index (χ3v) is 3.91. The van der Waals surface area contributed by atoms with Gasteiger partial charge in [0.2, 0.25) is 5.75 Å². The lowest BCUT2D eigenvalue weighted by molar-refractivity contribution is 0.299. The van der Waals surface area contributed by atoms with Crippen molar-refractivity contribution in [1.29, 1.82) is 0 Å². The number of rotatable bonds is 9. The Kier molecular flexibility index (Phi) is 6.81. The average Bonchev–Trinajstić information content (AvgIpc) is 2.64. The third-order valence-electron chi connectivity index (χ3n) is 3.91. The van der Waals surface area contributed by atoms with E-state index in [4.69, 9.17) is 18.9 Å². The molecule has 0 saturated heterocycles. The minimum absolute atomic E-state index is 0.177. The van der Waals surface area contributed by atoms with E-state index in [0.29, 0.717) is 29.6 Å². The monoisotopic (exact) mass is 346 g/mol. The van der Waals surface area contributed by atoms with Crippen LogP contribution in [0.4, 0.5) is 0 Å². The highest BCUT2D eigenvalue weighted by molar-refractivity contribution is 5.54. The summed E-state index contributed by atoms with van der Waals surface area (Å²) in [5.41, 5.74) is 2.11. The second-order valence-corrected chi connectivity index (χ2v) is 5.68. The molecule has 2 aromatic rings. The summed E-state index contributed by atoms with van der Waals surface area (Å²) >= 11 is 0. The molecular weight excluding hydrogens is 320 g/mol. The van der Waals surface area contributed by atoms with E-state index in [1.807, 2.05) is 31.2 Å². The minimum Gasteiger partial charge on any atom is -0.504 e. The predicted molar refractivity (Wildman–Crippen MR) is 97.4 cm³/mol. The van der Waals surface area contributed by atoms with Crippen molar-refractivity contribution in [3.63, 3.8) is 0 Å². The fourth-order valence-corrected chi connectivity index (χ4v) is 2.62. The van der Waals surface area contributed by atoms with Crippen LogP contribution in [0.25, 0.3) is 0 Å². The molecule has 0 bridgehead atoms. The van der Waals surface area contributed by atoms with Crippen LogP contribution in [0, 0.1) is 0 Å². The van der Waals surface area contributed by atoms with Gasteiger partial charge in [0.05, 0.1) is 27.9 Å². The first kappa shape index (κ1) is 18.8. The van der Waals surface area contributed by atoms with Gasteiger partial charge in [-0.05, 0) is 54.7 Å². The molecule has 0 aromatic heterocycles. The zero-order chi connectivity index (χ0) is 18.2. The first-order valence-corrected chi connectivity index (χ1v) is 8.36. The smallest absolute Gasteiger partial charge is 0.203 e. The van der Waals surface area contributed by atoms with Gasteiger partial charge in [0.15, 0.2) is 23.0 Å². The van der Waals surface area contributed by atoms with E-state index >= 15 is 0 Å². The van der Waals surface area contributed by atoms with Crippen LogP contribution in [0.1, 0.15) is 24.5 Å². The number of hydrogen-bond acceptors (Lipinski definition) is 5. The topological polar surface area (TPSA) is 57.2 Å². The van der Waals surface area contributed by atoms with Gasteiger partial charge >= 0.3 is 0 Å². The maximum Gasteiger partial charge on any atom is 0.203 e. The van der Waals surface area contributed by atoms with Gasteiger partial charge in [0.25, 0.3) is 0 Å². The average molecular weight is 346 g/mol. The molecule has 0 aliphatic carbocycles. The molecule has 2 rings (SSSR count). The van der Waals surface area contributed by atoms with Crippen LogP contribution in [-0.2, 0) is 12.8 Å². The van der Waals surface area contributed by atoms with E-state index in [-0.39, 0.29) is 5.75 Å². The molecule has 0 atom stereocenters. The van der Waals surface area contributed by atoms with Gasteiger partial charge in [0, 0.05) is 0 Å². The Balaban J connectivity index is 2.12. The molecule has 25 heavy (non-hydrogen) atoms. The summed E-state index contributed by atoms with van der Waals surface area (Å²) in [7, 11) is 4.80. The third kappa shape index (κ3) is 4.72. The van der Waals surface area contributed by atoms with Crippen LogP contribution in [0.3, 0.4) is 0 Å². The molecule has 0 fully saturated rings. The van der Waals surface area contributed by atoms with Crippen molar-refractivity contribution in [3.8, 4) is 28.7 Å². The van der Waals surface area contributed by atoms with E-state index in [0.717, 1.165) is 30.4 Å². The van der Waals surface area contributed by atoms with Gasteiger partial charge in [-0.2, -0.15) is 0 Å². The standard InChI is InChI=1S/C20H26O5/c1-5-10-25-17-9-8-14(11-16(17)21)6-7-15-12-18(22-2)20(24-4)19(13-15)23-3/h8-9,11-13,21H,5-7,10H2,1-4H3. The highest BCUT2D eigenvalue weighted by atomic mass is 16.5. The van der Waals surface area contributed by atoms with Crippen LogP contribution in [0.5, 0.6) is 28.7 Å². The van der Waals surface area contributed by atoms with Crippen molar-refractivity contribution in [1.82, 2.24) is 0 Å². The molecule has 0 aliphatic rings. The van der Waals surface area contributed by atoms with Crippen LogP contribution in [0.2, 0.25) is 0 Å². The van der Waals surface area contributed by atoms with Crippen molar-refractivity contribution >= 4 is 0 Å². The Labute approximate surface area is 149 Å². The molecule has 136 valence electrons. The van der Waals surface area contributed by atoms with Gasteiger partial charge < -0.3 is 24.1 Å². The molecule has 0 spiro atoms. The number of ether oxygens (including phenoxy) is 4. The first-order chi connectivity index (χ1) is 12.1. The summed E-state index contributed by atoms with van der Waals surface area (Å²) in [5, 5.41) is 10.1. The summed E-state index contributed by atoms with van der Waals surface area (Å²) in [6.45, 7) is 2.63.